The van der Waals surface area contributed by atoms with Crippen LogP contribution in [0.1, 0.15) is 41.5 Å². The van der Waals surface area contributed by atoms with E-state index in [1.165, 1.54) is 11.6 Å². The average Bonchev–Trinajstić information content (AvgIpc) is 3.34. The highest BCUT2D eigenvalue weighted by Gasteiger charge is 2.29. The molecule has 1 fully saturated rings. The van der Waals surface area contributed by atoms with E-state index >= 15 is 0 Å². The predicted molar refractivity (Wildman–Crippen MR) is 165 cm³/mol. The molecule has 0 aliphatic carbocycles. The molecule has 0 radical (unpaired) electrons. The standard InChI is InChI=1S/C34H33ClFN3O4/c1-21(40-2)23-6-9-29-30(16-23)39(18-25-12-15-41-25)33(37-29)19-38-13-10-22(11-14-38)26-4-3-5-31-34(26)43-32(20-42-31)27-8-7-24(35)17-28(27)36/h3-10,16-17,25,32H,1,11-15,18-20H2,2H3/t25-,32+/m0/s1. The van der Waals surface area contributed by atoms with Gasteiger partial charge in [-0.15, -0.1) is 0 Å². The van der Waals surface area contributed by atoms with Gasteiger partial charge in [0.15, 0.2) is 17.6 Å². The molecule has 0 bridgehead atoms. The van der Waals surface area contributed by atoms with Crippen LogP contribution in [0.3, 0.4) is 0 Å². The maximum Gasteiger partial charge on any atom is 0.169 e. The van der Waals surface area contributed by atoms with Crippen molar-refractivity contribution in [3.8, 4) is 11.5 Å². The highest BCUT2D eigenvalue weighted by molar-refractivity contribution is 6.30. The second-order valence-electron chi connectivity index (χ2n) is 11.2. The number of methoxy groups -OCH3 is 1. The van der Waals surface area contributed by atoms with Crippen molar-refractivity contribution in [3.05, 3.63) is 101 Å². The lowest BCUT2D eigenvalue weighted by Gasteiger charge is -2.31. The predicted octanol–water partition coefficient (Wildman–Crippen LogP) is 7.04. The molecule has 7 rings (SSSR count). The molecule has 43 heavy (non-hydrogen) atoms. The van der Waals surface area contributed by atoms with Crippen molar-refractivity contribution in [1.82, 2.24) is 14.5 Å². The van der Waals surface area contributed by atoms with Gasteiger partial charge in [0.2, 0.25) is 0 Å². The second-order valence-corrected chi connectivity index (χ2v) is 11.6. The molecule has 1 aromatic heterocycles. The van der Waals surface area contributed by atoms with E-state index in [9.17, 15) is 4.39 Å². The third-order valence-corrected chi connectivity index (χ3v) is 8.75. The van der Waals surface area contributed by atoms with Crippen molar-refractivity contribution >= 4 is 34.0 Å². The fourth-order valence-electron chi connectivity index (χ4n) is 5.98. The Morgan fingerprint density at radius 2 is 2.07 bits per heavy atom. The highest BCUT2D eigenvalue weighted by Crippen LogP contribution is 2.43. The number of imidazole rings is 1. The Bertz CT molecular complexity index is 1730. The normalized spacial score (nSPS) is 20.0. The van der Waals surface area contributed by atoms with Crippen molar-refractivity contribution in [3.63, 3.8) is 0 Å². The van der Waals surface area contributed by atoms with Crippen LogP contribution in [0.2, 0.25) is 5.02 Å². The number of benzene rings is 3. The summed E-state index contributed by atoms with van der Waals surface area (Å²) in [7, 11) is 1.64. The highest BCUT2D eigenvalue weighted by atomic mass is 35.5. The summed E-state index contributed by atoms with van der Waals surface area (Å²) in [6.07, 6.45) is 3.79. The molecule has 1 saturated heterocycles. The number of fused-ring (bicyclic) bond motifs is 2. The molecule has 4 heterocycles. The first-order valence-electron chi connectivity index (χ1n) is 14.6. The third-order valence-electron chi connectivity index (χ3n) is 8.52. The van der Waals surface area contributed by atoms with Gasteiger partial charge in [-0.05, 0) is 54.8 Å². The minimum Gasteiger partial charge on any atom is -0.497 e. The van der Waals surface area contributed by atoms with Gasteiger partial charge in [-0.1, -0.05) is 42.5 Å². The quantitative estimate of drug-likeness (QED) is 0.202. The molecule has 7 nitrogen and oxygen atoms in total. The molecule has 3 aliphatic heterocycles. The van der Waals surface area contributed by atoms with Crippen LogP contribution in [-0.2, 0) is 22.6 Å². The van der Waals surface area contributed by atoms with Gasteiger partial charge < -0.3 is 23.5 Å². The molecule has 4 aromatic rings. The van der Waals surface area contributed by atoms with E-state index in [0.717, 1.165) is 73.6 Å². The second kappa shape index (κ2) is 11.7. The number of hydrogen-bond donors (Lipinski definition) is 0. The Labute approximate surface area is 255 Å². The van der Waals surface area contributed by atoms with Crippen LogP contribution in [0.15, 0.2) is 67.3 Å². The van der Waals surface area contributed by atoms with Gasteiger partial charge in [0.05, 0.1) is 37.3 Å². The number of halogens is 2. The van der Waals surface area contributed by atoms with Gasteiger partial charge >= 0.3 is 0 Å². The summed E-state index contributed by atoms with van der Waals surface area (Å²) < 4.78 is 40.6. The van der Waals surface area contributed by atoms with Crippen LogP contribution in [0.25, 0.3) is 22.4 Å². The topological polar surface area (TPSA) is 58.0 Å². The first-order valence-corrected chi connectivity index (χ1v) is 15.0. The monoisotopic (exact) mass is 601 g/mol. The zero-order valence-corrected chi connectivity index (χ0v) is 24.8. The van der Waals surface area contributed by atoms with E-state index in [4.69, 9.17) is 35.5 Å². The third kappa shape index (κ3) is 5.51. The minimum absolute atomic E-state index is 0.204. The number of hydrogen-bond acceptors (Lipinski definition) is 6. The first kappa shape index (κ1) is 28.0. The lowest BCUT2D eigenvalue weighted by Crippen LogP contribution is -2.33. The van der Waals surface area contributed by atoms with Crippen molar-refractivity contribution in [2.24, 2.45) is 0 Å². The Kier molecular flexibility index (Phi) is 7.59. The summed E-state index contributed by atoms with van der Waals surface area (Å²) in [5, 5.41) is 0.352. The molecule has 0 unspecified atom stereocenters. The molecule has 0 N–H and O–H groups in total. The molecule has 0 amide bonds. The van der Waals surface area contributed by atoms with Gasteiger partial charge in [-0.2, -0.15) is 0 Å². The first-order chi connectivity index (χ1) is 21.0. The number of aromatic nitrogens is 2. The fourth-order valence-corrected chi connectivity index (χ4v) is 6.14. The van der Waals surface area contributed by atoms with Gasteiger partial charge in [0.1, 0.15) is 24.0 Å². The summed E-state index contributed by atoms with van der Waals surface area (Å²) in [6.45, 7) is 8.19. The summed E-state index contributed by atoms with van der Waals surface area (Å²) in [5.41, 5.74) is 5.57. The zero-order chi connectivity index (χ0) is 29.5. The van der Waals surface area contributed by atoms with Crippen molar-refractivity contribution in [2.45, 2.75) is 38.1 Å². The Hall–Kier alpha value is -3.85. The van der Waals surface area contributed by atoms with Crippen LogP contribution >= 0.6 is 11.6 Å². The molecule has 0 saturated carbocycles. The zero-order valence-electron chi connectivity index (χ0n) is 24.0. The van der Waals surface area contributed by atoms with E-state index in [0.29, 0.717) is 27.8 Å². The van der Waals surface area contributed by atoms with Gasteiger partial charge in [-0.3, -0.25) is 4.90 Å². The van der Waals surface area contributed by atoms with Gasteiger partial charge in [0, 0.05) is 41.4 Å². The average molecular weight is 602 g/mol. The number of rotatable bonds is 8. The van der Waals surface area contributed by atoms with Crippen LogP contribution in [0.5, 0.6) is 11.5 Å². The molecule has 0 spiro atoms. The molecule has 222 valence electrons. The summed E-state index contributed by atoms with van der Waals surface area (Å²) in [5.74, 6) is 2.58. The summed E-state index contributed by atoms with van der Waals surface area (Å²) in [4.78, 5) is 7.43. The lowest BCUT2D eigenvalue weighted by atomic mass is 9.97. The Morgan fingerprint density at radius 1 is 1.19 bits per heavy atom. The number of nitrogens with zero attached hydrogens (tertiary/aromatic N) is 3. The van der Waals surface area contributed by atoms with Crippen LogP contribution in [-0.4, -0.2) is 54.0 Å². The molecular formula is C34H33ClFN3O4. The van der Waals surface area contributed by atoms with E-state index in [1.807, 2.05) is 30.3 Å². The van der Waals surface area contributed by atoms with Gasteiger partial charge in [-0.25, -0.2) is 9.37 Å². The van der Waals surface area contributed by atoms with Crippen molar-refractivity contribution in [2.75, 3.05) is 33.4 Å². The number of ether oxygens (including phenoxy) is 4. The molecule has 2 atom stereocenters. The maximum atomic E-state index is 14.7. The molecule has 9 heteroatoms. The minimum atomic E-state index is -0.555. The van der Waals surface area contributed by atoms with Crippen LogP contribution < -0.4 is 9.47 Å². The smallest absolute Gasteiger partial charge is 0.169 e. The summed E-state index contributed by atoms with van der Waals surface area (Å²) in [6, 6.07) is 16.7. The van der Waals surface area contributed by atoms with E-state index in [2.05, 4.69) is 28.2 Å². The van der Waals surface area contributed by atoms with E-state index < -0.39 is 11.9 Å². The maximum absolute atomic E-state index is 14.7. The van der Waals surface area contributed by atoms with Crippen LogP contribution in [0, 0.1) is 5.82 Å². The Morgan fingerprint density at radius 3 is 2.81 bits per heavy atom. The number of para-hydroxylation sites is 1. The fraction of sp³-hybridized carbons (Fsp3) is 0.324. The van der Waals surface area contributed by atoms with E-state index in [-0.39, 0.29) is 12.7 Å². The van der Waals surface area contributed by atoms with E-state index in [1.54, 1.807) is 19.2 Å². The largest absolute Gasteiger partial charge is 0.497 e. The van der Waals surface area contributed by atoms with Gasteiger partial charge in [0.25, 0.3) is 0 Å². The van der Waals surface area contributed by atoms with Crippen molar-refractivity contribution < 1.29 is 23.3 Å². The van der Waals surface area contributed by atoms with Crippen molar-refractivity contribution in [1.29, 1.82) is 0 Å². The molecular weight excluding hydrogens is 569 g/mol. The molecule has 3 aliphatic rings. The SMILES string of the molecule is C=C(OC)c1ccc2nc(CN3CC=C(c4cccc5c4O[C@@H](c4ccc(Cl)cc4F)CO5)CC3)n(C[C@@H]3CCO3)c2c1. The van der Waals surface area contributed by atoms with Crippen LogP contribution in [0.4, 0.5) is 4.39 Å². The Balaban J connectivity index is 1.11. The summed E-state index contributed by atoms with van der Waals surface area (Å²) >= 11 is 5.97. The lowest BCUT2D eigenvalue weighted by molar-refractivity contribution is -0.0591. The molecule has 3 aromatic carbocycles.